The van der Waals surface area contributed by atoms with E-state index in [9.17, 15) is 4.79 Å². The van der Waals surface area contributed by atoms with Crippen LogP contribution in [0.5, 0.6) is 11.5 Å². The highest BCUT2D eigenvalue weighted by Gasteiger charge is 2.23. The predicted molar refractivity (Wildman–Crippen MR) is 82.0 cm³/mol. The molecular formula is C15H20BrNO3. The third-order valence-corrected chi connectivity index (χ3v) is 3.71. The van der Waals surface area contributed by atoms with Crippen LogP contribution < -0.4 is 14.8 Å². The van der Waals surface area contributed by atoms with Gasteiger partial charge in [0.2, 0.25) is 0 Å². The minimum absolute atomic E-state index is 0.0609. The second kappa shape index (κ2) is 6.48. The van der Waals surface area contributed by atoms with Gasteiger partial charge in [0.05, 0.1) is 5.56 Å². The number of halogens is 1. The molecule has 0 radical (unpaired) electrons. The number of carbonyl (C=O) groups excluding carboxylic acids is 1. The molecule has 0 aromatic heterocycles. The molecule has 0 bridgehead atoms. The van der Waals surface area contributed by atoms with Crippen molar-refractivity contribution < 1.29 is 14.3 Å². The van der Waals surface area contributed by atoms with Crippen molar-refractivity contribution in [2.45, 2.75) is 20.3 Å². The number of amides is 1. The van der Waals surface area contributed by atoms with E-state index in [1.807, 2.05) is 12.1 Å². The van der Waals surface area contributed by atoms with Crippen LogP contribution in [0.4, 0.5) is 0 Å². The van der Waals surface area contributed by atoms with E-state index in [1.165, 1.54) is 0 Å². The average molecular weight is 342 g/mol. The third-order valence-electron chi connectivity index (χ3n) is 3.31. The number of ether oxygens (including phenoxy) is 2. The third kappa shape index (κ3) is 3.66. The number of fused-ring (bicyclic) bond motifs is 1. The quantitative estimate of drug-likeness (QED) is 0.837. The van der Waals surface area contributed by atoms with Crippen molar-refractivity contribution in [2.24, 2.45) is 5.41 Å². The molecule has 1 aliphatic heterocycles. The summed E-state index contributed by atoms with van der Waals surface area (Å²) in [6, 6.07) is 5.40. The summed E-state index contributed by atoms with van der Waals surface area (Å²) in [6.45, 7) is 5.90. The van der Waals surface area contributed by atoms with Gasteiger partial charge in [0.25, 0.3) is 5.91 Å². The molecule has 5 heteroatoms. The number of para-hydroxylation sites is 1. The Hall–Kier alpha value is -1.23. The first-order valence-corrected chi connectivity index (χ1v) is 7.88. The van der Waals surface area contributed by atoms with E-state index in [0.717, 1.165) is 11.8 Å². The lowest BCUT2D eigenvalue weighted by Crippen LogP contribution is -2.34. The molecule has 110 valence electrons. The van der Waals surface area contributed by atoms with Crippen molar-refractivity contribution in [1.82, 2.24) is 5.32 Å². The number of benzene rings is 1. The Morgan fingerprint density at radius 1 is 1.35 bits per heavy atom. The van der Waals surface area contributed by atoms with E-state index in [-0.39, 0.29) is 11.3 Å². The summed E-state index contributed by atoms with van der Waals surface area (Å²) in [5, 5.41) is 3.90. The molecule has 1 aromatic carbocycles. The maximum atomic E-state index is 12.3. The summed E-state index contributed by atoms with van der Waals surface area (Å²) in [7, 11) is 0. The molecule has 0 saturated carbocycles. The minimum atomic E-state index is -0.116. The lowest BCUT2D eigenvalue weighted by atomic mass is 9.90. The number of carbonyl (C=O) groups is 1. The second-order valence-electron chi connectivity index (χ2n) is 5.62. The SMILES string of the molecule is CC(C)(CCBr)CNC(=O)c1cccc2c1OCCO2. The van der Waals surface area contributed by atoms with Gasteiger partial charge in [-0.05, 0) is 24.0 Å². The molecule has 4 nitrogen and oxygen atoms in total. The van der Waals surface area contributed by atoms with Crippen LogP contribution >= 0.6 is 15.9 Å². The van der Waals surface area contributed by atoms with Crippen LogP contribution in [0.15, 0.2) is 18.2 Å². The molecule has 1 aromatic rings. The Bertz CT molecular complexity index is 488. The number of alkyl halides is 1. The van der Waals surface area contributed by atoms with Crippen LogP contribution in [0, 0.1) is 5.41 Å². The minimum Gasteiger partial charge on any atom is -0.486 e. The van der Waals surface area contributed by atoms with Gasteiger partial charge in [-0.1, -0.05) is 35.8 Å². The highest BCUT2D eigenvalue weighted by molar-refractivity contribution is 9.09. The fourth-order valence-electron chi connectivity index (χ4n) is 2.01. The van der Waals surface area contributed by atoms with Crippen LogP contribution in [0.2, 0.25) is 0 Å². The largest absolute Gasteiger partial charge is 0.486 e. The van der Waals surface area contributed by atoms with Crippen LogP contribution in [-0.4, -0.2) is 31.0 Å². The monoisotopic (exact) mass is 341 g/mol. The number of rotatable bonds is 5. The van der Waals surface area contributed by atoms with Crippen molar-refractivity contribution in [3.05, 3.63) is 23.8 Å². The normalized spacial score (nSPS) is 13.9. The van der Waals surface area contributed by atoms with Gasteiger partial charge in [0, 0.05) is 11.9 Å². The van der Waals surface area contributed by atoms with Gasteiger partial charge in [-0.2, -0.15) is 0 Å². The number of nitrogens with one attached hydrogen (secondary N) is 1. The summed E-state index contributed by atoms with van der Waals surface area (Å²) in [5.41, 5.74) is 0.600. The van der Waals surface area contributed by atoms with Gasteiger partial charge >= 0.3 is 0 Å². The van der Waals surface area contributed by atoms with E-state index in [4.69, 9.17) is 9.47 Å². The van der Waals surface area contributed by atoms with Crippen molar-refractivity contribution in [3.8, 4) is 11.5 Å². The summed E-state index contributed by atoms with van der Waals surface area (Å²) in [5.74, 6) is 1.08. The van der Waals surface area contributed by atoms with E-state index in [0.29, 0.717) is 36.8 Å². The molecule has 2 rings (SSSR count). The maximum Gasteiger partial charge on any atom is 0.255 e. The summed E-state index contributed by atoms with van der Waals surface area (Å²) >= 11 is 3.44. The smallest absolute Gasteiger partial charge is 0.255 e. The Balaban J connectivity index is 2.06. The van der Waals surface area contributed by atoms with E-state index in [2.05, 4.69) is 35.1 Å². The summed E-state index contributed by atoms with van der Waals surface area (Å²) in [6.07, 6.45) is 1.000. The van der Waals surface area contributed by atoms with E-state index >= 15 is 0 Å². The first-order valence-electron chi connectivity index (χ1n) is 6.76. The highest BCUT2D eigenvalue weighted by Crippen LogP contribution is 2.33. The maximum absolute atomic E-state index is 12.3. The zero-order valence-corrected chi connectivity index (χ0v) is 13.5. The molecular weight excluding hydrogens is 322 g/mol. The molecule has 0 saturated heterocycles. The van der Waals surface area contributed by atoms with Gasteiger partial charge in [-0.15, -0.1) is 0 Å². The lowest BCUT2D eigenvalue weighted by Gasteiger charge is -2.25. The highest BCUT2D eigenvalue weighted by atomic mass is 79.9. The van der Waals surface area contributed by atoms with Crippen molar-refractivity contribution in [3.63, 3.8) is 0 Å². The van der Waals surface area contributed by atoms with E-state index in [1.54, 1.807) is 6.07 Å². The first kappa shape index (κ1) is 15.2. The first-order chi connectivity index (χ1) is 9.53. The van der Waals surface area contributed by atoms with Gasteiger partial charge in [0.15, 0.2) is 11.5 Å². The van der Waals surface area contributed by atoms with Gasteiger partial charge < -0.3 is 14.8 Å². The number of hydrogen-bond acceptors (Lipinski definition) is 3. The molecule has 0 atom stereocenters. The molecule has 1 heterocycles. The Morgan fingerprint density at radius 3 is 2.85 bits per heavy atom. The van der Waals surface area contributed by atoms with Crippen LogP contribution in [0.3, 0.4) is 0 Å². The lowest BCUT2D eigenvalue weighted by molar-refractivity contribution is 0.0925. The van der Waals surface area contributed by atoms with Crippen molar-refractivity contribution in [2.75, 3.05) is 25.1 Å². The Labute approximate surface area is 128 Å². The summed E-state index contributed by atoms with van der Waals surface area (Å²) < 4.78 is 11.0. The van der Waals surface area contributed by atoms with Crippen LogP contribution in [0.1, 0.15) is 30.6 Å². The molecule has 20 heavy (non-hydrogen) atoms. The molecule has 0 unspecified atom stereocenters. The molecule has 1 aliphatic rings. The van der Waals surface area contributed by atoms with Gasteiger partial charge in [-0.25, -0.2) is 0 Å². The van der Waals surface area contributed by atoms with Crippen LogP contribution in [-0.2, 0) is 0 Å². The topological polar surface area (TPSA) is 47.6 Å². The Kier molecular flexibility index (Phi) is 4.91. The summed E-state index contributed by atoms with van der Waals surface area (Å²) in [4.78, 5) is 12.3. The van der Waals surface area contributed by atoms with Gasteiger partial charge in [0.1, 0.15) is 13.2 Å². The molecule has 0 fully saturated rings. The van der Waals surface area contributed by atoms with Gasteiger partial charge in [-0.3, -0.25) is 4.79 Å². The Morgan fingerprint density at radius 2 is 2.10 bits per heavy atom. The predicted octanol–water partition coefficient (Wildman–Crippen LogP) is 3.00. The zero-order chi connectivity index (χ0) is 14.6. The standard InChI is InChI=1S/C15H20BrNO3/c1-15(2,6-7-16)10-17-14(18)11-4-3-5-12-13(11)20-9-8-19-12/h3-5H,6-10H2,1-2H3,(H,17,18). The number of hydrogen-bond donors (Lipinski definition) is 1. The molecule has 1 N–H and O–H groups in total. The van der Waals surface area contributed by atoms with Crippen molar-refractivity contribution in [1.29, 1.82) is 0 Å². The van der Waals surface area contributed by atoms with Crippen LogP contribution in [0.25, 0.3) is 0 Å². The van der Waals surface area contributed by atoms with Crippen molar-refractivity contribution >= 4 is 21.8 Å². The fraction of sp³-hybridized carbons (Fsp3) is 0.533. The molecule has 1 amide bonds. The van der Waals surface area contributed by atoms with E-state index < -0.39 is 0 Å². The average Bonchev–Trinajstić information content (AvgIpc) is 2.44. The molecule has 0 aliphatic carbocycles. The second-order valence-corrected chi connectivity index (χ2v) is 6.41. The zero-order valence-electron chi connectivity index (χ0n) is 11.9. The molecule has 0 spiro atoms. The fourth-order valence-corrected chi connectivity index (χ4v) is 3.08.